The van der Waals surface area contributed by atoms with Crippen LogP contribution in [0.15, 0.2) is 24.3 Å². The third kappa shape index (κ3) is 5.34. The first-order valence-corrected chi connectivity index (χ1v) is 8.20. The average Bonchev–Trinajstić information content (AvgIpc) is 2.54. The molecule has 0 heterocycles. The predicted molar refractivity (Wildman–Crippen MR) is 87.1 cm³/mol. The minimum Gasteiger partial charge on any atom is -0.497 e. The molecule has 0 aromatic heterocycles. The molecule has 1 aliphatic rings. The van der Waals surface area contributed by atoms with Gasteiger partial charge in [-0.15, -0.1) is 0 Å². The highest BCUT2D eigenvalue weighted by molar-refractivity contribution is 5.78. The van der Waals surface area contributed by atoms with Crippen LogP contribution in [-0.4, -0.2) is 32.3 Å². The number of methoxy groups -OCH3 is 1. The monoisotopic (exact) mass is 305 g/mol. The van der Waals surface area contributed by atoms with E-state index < -0.39 is 0 Å². The standard InChI is InChI=1S/C18H27NO3/c1-14-5-3-4-6-17(14)22-12-11-19-18(20)13-15-7-9-16(21-2)10-8-15/h7-10,14,17H,3-6,11-13H2,1-2H3,(H,19,20). The van der Waals surface area contributed by atoms with E-state index in [1.54, 1.807) is 7.11 Å². The van der Waals surface area contributed by atoms with Gasteiger partial charge in [0, 0.05) is 6.54 Å². The average molecular weight is 305 g/mol. The number of hydrogen-bond acceptors (Lipinski definition) is 3. The SMILES string of the molecule is COc1ccc(CC(=O)NCCOC2CCCCC2C)cc1. The zero-order valence-corrected chi connectivity index (χ0v) is 13.6. The topological polar surface area (TPSA) is 47.6 Å². The van der Waals surface area contributed by atoms with Gasteiger partial charge >= 0.3 is 0 Å². The summed E-state index contributed by atoms with van der Waals surface area (Å²) in [6.07, 6.45) is 5.75. The Morgan fingerprint density at radius 2 is 1.95 bits per heavy atom. The molecule has 2 unspecified atom stereocenters. The first-order valence-electron chi connectivity index (χ1n) is 8.20. The van der Waals surface area contributed by atoms with Crippen molar-refractivity contribution in [2.24, 2.45) is 5.92 Å². The van der Waals surface area contributed by atoms with E-state index in [-0.39, 0.29) is 5.91 Å². The van der Waals surface area contributed by atoms with Gasteiger partial charge in [-0.25, -0.2) is 0 Å². The highest BCUT2D eigenvalue weighted by atomic mass is 16.5. The molecule has 122 valence electrons. The molecule has 1 saturated carbocycles. The molecule has 0 aliphatic heterocycles. The molecule has 1 fully saturated rings. The zero-order chi connectivity index (χ0) is 15.8. The largest absolute Gasteiger partial charge is 0.497 e. The van der Waals surface area contributed by atoms with Crippen molar-refractivity contribution in [1.29, 1.82) is 0 Å². The van der Waals surface area contributed by atoms with Gasteiger partial charge in [0.1, 0.15) is 5.75 Å². The second-order valence-electron chi connectivity index (χ2n) is 6.05. The van der Waals surface area contributed by atoms with Crippen molar-refractivity contribution in [1.82, 2.24) is 5.32 Å². The fraction of sp³-hybridized carbons (Fsp3) is 0.611. The molecular formula is C18H27NO3. The molecule has 1 aliphatic carbocycles. The van der Waals surface area contributed by atoms with Crippen molar-refractivity contribution in [2.75, 3.05) is 20.3 Å². The molecule has 1 aromatic rings. The van der Waals surface area contributed by atoms with Gasteiger partial charge in [0.15, 0.2) is 0 Å². The summed E-state index contributed by atoms with van der Waals surface area (Å²) in [5, 5.41) is 2.92. The third-order valence-corrected chi connectivity index (χ3v) is 4.31. The van der Waals surface area contributed by atoms with Crippen LogP contribution >= 0.6 is 0 Å². The molecule has 0 saturated heterocycles. The number of nitrogens with one attached hydrogen (secondary N) is 1. The number of carbonyl (C=O) groups is 1. The van der Waals surface area contributed by atoms with Crippen LogP contribution in [0.4, 0.5) is 0 Å². The maximum absolute atomic E-state index is 11.9. The van der Waals surface area contributed by atoms with Gasteiger partial charge in [0.2, 0.25) is 5.91 Å². The Morgan fingerprint density at radius 1 is 1.23 bits per heavy atom. The fourth-order valence-electron chi connectivity index (χ4n) is 2.92. The van der Waals surface area contributed by atoms with E-state index in [1.165, 1.54) is 19.3 Å². The van der Waals surface area contributed by atoms with Crippen molar-refractivity contribution in [3.63, 3.8) is 0 Å². The first-order chi connectivity index (χ1) is 10.7. The maximum Gasteiger partial charge on any atom is 0.224 e. The van der Waals surface area contributed by atoms with Gasteiger partial charge in [0.25, 0.3) is 0 Å². The van der Waals surface area contributed by atoms with Crippen LogP contribution in [-0.2, 0) is 16.0 Å². The fourth-order valence-corrected chi connectivity index (χ4v) is 2.92. The smallest absolute Gasteiger partial charge is 0.224 e. The van der Waals surface area contributed by atoms with Gasteiger partial charge < -0.3 is 14.8 Å². The summed E-state index contributed by atoms with van der Waals surface area (Å²) in [5.41, 5.74) is 0.986. The number of benzene rings is 1. The maximum atomic E-state index is 11.9. The lowest BCUT2D eigenvalue weighted by Crippen LogP contribution is -2.32. The van der Waals surface area contributed by atoms with Gasteiger partial charge in [-0.1, -0.05) is 31.9 Å². The molecule has 0 radical (unpaired) electrons. The highest BCUT2D eigenvalue weighted by Crippen LogP contribution is 2.25. The van der Waals surface area contributed by atoms with Crippen LogP contribution in [0.2, 0.25) is 0 Å². The van der Waals surface area contributed by atoms with E-state index in [1.807, 2.05) is 24.3 Å². The van der Waals surface area contributed by atoms with Crippen LogP contribution in [0, 0.1) is 5.92 Å². The molecule has 2 atom stereocenters. The van der Waals surface area contributed by atoms with E-state index >= 15 is 0 Å². The van der Waals surface area contributed by atoms with Crippen molar-refractivity contribution in [3.8, 4) is 5.75 Å². The molecule has 2 rings (SSSR count). The summed E-state index contributed by atoms with van der Waals surface area (Å²) < 4.78 is 11.0. The molecular weight excluding hydrogens is 278 g/mol. The van der Waals surface area contributed by atoms with E-state index in [0.717, 1.165) is 17.7 Å². The molecule has 0 spiro atoms. The molecule has 22 heavy (non-hydrogen) atoms. The van der Waals surface area contributed by atoms with Gasteiger partial charge in [-0.2, -0.15) is 0 Å². The predicted octanol–water partition coefficient (Wildman–Crippen LogP) is 2.95. The Bertz CT molecular complexity index is 458. The van der Waals surface area contributed by atoms with Gasteiger partial charge in [-0.05, 0) is 36.5 Å². The number of hydrogen-bond donors (Lipinski definition) is 1. The second kappa shape index (κ2) is 8.79. The summed E-state index contributed by atoms with van der Waals surface area (Å²) in [4.78, 5) is 11.9. The Kier molecular flexibility index (Phi) is 6.72. The molecule has 4 heteroatoms. The quantitative estimate of drug-likeness (QED) is 0.788. The van der Waals surface area contributed by atoms with Crippen molar-refractivity contribution >= 4 is 5.91 Å². The minimum absolute atomic E-state index is 0.0328. The molecule has 1 amide bonds. The van der Waals surface area contributed by atoms with E-state index in [4.69, 9.17) is 9.47 Å². The highest BCUT2D eigenvalue weighted by Gasteiger charge is 2.21. The Labute approximate surface area is 133 Å². The molecule has 0 bridgehead atoms. The van der Waals surface area contributed by atoms with Gasteiger partial charge in [0.05, 0.1) is 26.2 Å². The van der Waals surface area contributed by atoms with Crippen molar-refractivity contribution < 1.29 is 14.3 Å². The minimum atomic E-state index is 0.0328. The Morgan fingerprint density at radius 3 is 2.64 bits per heavy atom. The summed E-state index contributed by atoms with van der Waals surface area (Å²) in [7, 11) is 1.63. The van der Waals surface area contributed by atoms with Gasteiger partial charge in [-0.3, -0.25) is 4.79 Å². The van der Waals surface area contributed by atoms with E-state index in [2.05, 4.69) is 12.2 Å². The number of ether oxygens (including phenoxy) is 2. The second-order valence-corrected chi connectivity index (χ2v) is 6.05. The van der Waals surface area contributed by atoms with E-state index in [0.29, 0.717) is 31.6 Å². The summed E-state index contributed by atoms with van der Waals surface area (Å²) in [5.74, 6) is 1.48. The molecule has 1 N–H and O–H groups in total. The number of amides is 1. The van der Waals surface area contributed by atoms with Crippen LogP contribution in [0.25, 0.3) is 0 Å². The zero-order valence-electron chi connectivity index (χ0n) is 13.6. The Balaban J connectivity index is 1.62. The summed E-state index contributed by atoms with van der Waals surface area (Å²) in [6, 6.07) is 7.57. The van der Waals surface area contributed by atoms with Crippen molar-refractivity contribution in [2.45, 2.75) is 45.1 Å². The van der Waals surface area contributed by atoms with Crippen LogP contribution in [0.1, 0.15) is 38.2 Å². The summed E-state index contributed by atoms with van der Waals surface area (Å²) >= 11 is 0. The van der Waals surface area contributed by atoms with Crippen LogP contribution in [0.3, 0.4) is 0 Å². The molecule has 1 aromatic carbocycles. The normalized spacial score (nSPS) is 21.4. The lowest BCUT2D eigenvalue weighted by atomic mass is 9.88. The summed E-state index contributed by atoms with van der Waals surface area (Å²) in [6.45, 7) is 3.44. The van der Waals surface area contributed by atoms with Crippen LogP contribution in [0.5, 0.6) is 5.75 Å². The Hall–Kier alpha value is -1.55. The number of carbonyl (C=O) groups excluding carboxylic acids is 1. The first kappa shape index (κ1) is 16.8. The van der Waals surface area contributed by atoms with Crippen molar-refractivity contribution in [3.05, 3.63) is 29.8 Å². The number of rotatable bonds is 7. The third-order valence-electron chi connectivity index (χ3n) is 4.31. The van der Waals surface area contributed by atoms with E-state index in [9.17, 15) is 4.79 Å². The van der Waals surface area contributed by atoms with Crippen LogP contribution < -0.4 is 10.1 Å². The lowest BCUT2D eigenvalue weighted by molar-refractivity contribution is -0.120. The lowest BCUT2D eigenvalue weighted by Gasteiger charge is -2.28. The molecule has 4 nitrogen and oxygen atoms in total.